The topological polar surface area (TPSA) is 68.6 Å². The number of carbonyl (C=O) groups is 1. The lowest BCUT2D eigenvalue weighted by molar-refractivity contribution is 0.201. The first-order chi connectivity index (χ1) is 13.4. The van der Waals surface area contributed by atoms with Crippen molar-refractivity contribution < 1.29 is 9.53 Å². The normalized spacial score (nSPS) is 10.6. The number of anilines is 1. The molecule has 1 N–H and O–H groups in total. The highest BCUT2D eigenvalue weighted by Crippen LogP contribution is 2.27. The molecule has 2 amide bonds. The van der Waals surface area contributed by atoms with Gasteiger partial charge in [-0.15, -0.1) is 0 Å². The van der Waals surface area contributed by atoms with Crippen molar-refractivity contribution in [2.24, 2.45) is 0 Å². The number of hydrogen-bond acceptors (Lipinski definition) is 4. The number of nitrogens with zero attached hydrogens (tertiary/aromatic N) is 3. The molecule has 0 fully saturated rings. The van der Waals surface area contributed by atoms with Crippen LogP contribution in [-0.2, 0) is 6.54 Å². The van der Waals surface area contributed by atoms with E-state index in [9.17, 15) is 10.1 Å². The molecule has 0 aliphatic heterocycles. The molecular formula is C22H28N4O2. The Labute approximate surface area is 167 Å². The van der Waals surface area contributed by atoms with Gasteiger partial charge < -0.3 is 19.9 Å². The minimum Gasteiger partial charge on any atom is -0.489 e. The van der Waals surface area contributed by atoms with E-state index in [2.05, 4.69) is 11.4 Å². The predicted octanol–water partition coefficient (Wildman–Crippen LogP) is 3.94. The maximum Gasteiger partial charge on any atom is 0.322 e. The first kappa shape index (κ1) is 21.3. The average Bonchev–Trinajstić information content (AvgIpc) is 2.66. The zero-order valence-electron chi connectivity index (χ0n) is 17.0. The first-order valence-electron chi connectivity index (χ1n) is 9.34. The number of benzene rings is 2. The predicted molar refractivity (Wildman–Crippen MR) is 111 cm³/mol. The van der Waals surface area contributed by atoms with Crippen LogP contribution in [0.25, 0.3) is 0 Å². The lowest BCUT2D eigenvalue weighted by Crippen LogP contribution is -2.39. The third-order valence-corrected chi connectivity index (χ3v) is 4.03. The van der Waals surface area contributed by atoms with Crippen LogP contribution in [0.15, 0.2) is 48.5 Å². The van der Waals surface area contributed by atoms with E-state index in [1.54, 1.807) is 23.1 Å². The number of amides is 2. The van der Waals surface area contributed by atoms with Crippen LogP contribution < -0.4 is 10.1 Å². The molecule has 2 aromatic carbocycles. The van der Waals surface area contributed by atoms with E-state index >= 15 is 0 Å². The minimum absolute atomic E-state index is 0.0437. The standard InChI is InChI=1S/C22H28N4O2/c1-17(2)28-21-11-10-19(15-23)14-20(21)24-22(27)26(13-12-25(3)4)16-18-8-6-5-7-9-18/h5-11,14,17H,12-13,16H2,1-4H3,(H,24,27). The Morgan fingerprint density at radius 2 is 1.86 bits per heavy atom. The fourth-order valence-corrected chi connectivity index (χ4v) is 2.63. The van der Waals surface area contributed by atoms with Gasteiger partial charge in [-0.3, -0.25) is 0 Å². The summed E-state index contributed by atoms with van der Waals surface area (Å²) in [6.07, 6.45) is -0.0437. The van der Waals surface area contributed by atoms with Gasteiger partial charge in [-0.25, -0.2) is 4.79 Å². The fourth-order valence-electron chi connectivity index (χ4n) is 2.63. The van der Waals surface area contributed by atoms with Gasteiger partial charge in [0.2, 0.25) is 0 Å². The second-order valence-corrected chi connectivity index (χ2v) is 7.13. The minimum atomic E-state index is -0.227. The molecule has 28 heavy (non-hydrogen) atoms. The van der Waals surface area contributed by atoms with Gasteiger partial charge in [-0.1, -0.05) is 30.3 Å². The summed E-state index contributed by atoms with van der Waals surface area (Å²) < 4.78 is 5.79. The number of ether oxygens (including phenoxy) is 1. The number of hydrogen-bond donors (Lipinski definition) is 1. The van der Waals surface area contributed by atoms with Crippen molar-refractivity contribution in [2.75, 3.05) is 32.5 Å². The molecule has 6 heteroatoms. The maximum atomic E-state index is 13.0. The zero-order chi connectivity index (χ0) is 20.5. The molecule has 148 valence electrons. The monoisotopic (exact) mass is 380 g/mol. The molecular weight excluding hydrogens is 352 g/mol. The van der Waals surface area contributed by atoms with E-state index in [1.807, 2.05) is 63.2 Å². The summed E-state index contributed by atoms with van der Waals surface area (Å²) in [5.41, 5.74) is 2.02. The molecule has 0 aliphatic carbocycles. The number of nitrogens with one attached hydrogen (secondary N) is 1. The van der Waals surface area contributed by atoms with Gasteiger partial charge in [-0.2, -0.15) is 5.26 Å². The highest BCUT2D eigenvalue weighted by atomic mass is 16.5. The molecule has 2 rings (SSSR count). The van der Waals surface area contributed by atoms with Crippen molar-refractivity contribution in [2.45, 2.75) is 26.5 Å². The van der Waals surface area contributed by atoms with Gasteiger partial charge in [0.1, 0.15) is 5.75 Å². The van der Waals surface area contributed by atoms with Gasteiger partial charge in [0.25, 0.3) is 0 Å². The van der Waals surface area contributed by atoms with Gasteiger partial charge in [-0.05, 0) is 51.7 Å². The molecule has 0 saturated carbocycles. The molecule has 0 aromatic heterocycles. The molecule has 6 nitrogen and oxygen atoms in total. The van der Waals surface area contributed by atoms with Crippen LogP contribution in [0.2, 0.25) is 0 Å². The second kappa shape index (κ2) is 10.3. The largest absolute Gasteiger partial charge is 0.489 e. The van der Waals surface area contributed by atoms with Crippen molar-refractivity contribution in [3.8, 4) is 11.8 Å². The summed E-state index contributed by atoms with van der Waals surface area (Å²) in [7, 11) is 3.95. The van der Waals surface area contributed by atoms with Crippen molar-refractivity contribution in [3.63, 3.8) is 0 Å². The molecule has 0 unspecified atom stereocenters. The molecule has 0 heterocycles. The second-order valence-electron chi connectivity index (χ2n) is 7.13. The highest BCUT2D eigenvalue weighted by molar-refractivity contribution is 5.91. The quantitative estimate of drug-likeness (QED) is 0.753. The van der Waals surface area contributed by atoms with E-state index in [1.165, 1.54) is 0 Å². The molecule has 0 saturated heterocycles. The molecule has 0 radical (unpaired) electrons. The van der Waals surface area contributed by atoms with Crippen LogP contribution >= 0.6 is 0 Å². The average molecular weight is 380 g/mol. The zero-order valence-corrected chi connectivity index (χ0v) is 17.0. The van der Waals surface area contributed by atoms with Crippen LogP contribution in [-0.4, -0.2) is 49.1 Å². The van der Waals surface area contributed by atoms with Crippen molar-refractivity contribution in [3.05, 3.63) is 59.7 Å². The van der Waals surface area contributed by atoms with Crippen LogP contribution in [0.5, 0.6) is 5.75 Å². The number of nitriles is 1. The van der Waals surface area contributed by atoms with Crippen LogP contribution in [0.1, 0.15) is 25.0 Å². The number of likely N-dealkylation sites (N-methyl/N-ethyl adjacent to an activating group) is 1. The summed E-state index contributed by atoms with van der Waals surface area (Å²) in [4.78, 5) is 16.8. The summed E-state index contributed by atoms with van der Waals surface area (Å²) >= 11 is 0. The SMILES string of the molecule is CC(C)Oc1ccc(C#N)cc1NC(=O)N(CCN(C)C)Cc1ccccc1. The Hall–Kier alpha value is -3.04. The maximum absolute atomic E-state index is 13.0. The van der Waals surface area contributed by atoms with E-state index < -0.39 is 0 Å². The van der Waals surface area contributed by atoms with E-state index in [0.717, 1.165) is 12.1 Å². The van der Waals surface area contributed by atoms with Crippen molar-refractivity contribution in [1.29, 1.82) is 5.26 Å². The fraction of sp³-hybridized carbons (Fsp3) is 0.364. The number of rotatable bonds is 8. The number of urea groups is 1. The van der Waals surface area contributed by atoms with E-state index in [4.69, 9.17) is 4.74 Å². The smallest absolute Gasteiger partial charge is 0.322 e. The molecule has 2 aromatic rings. The highest BCUT2D eigenvalue weighted by Gasteiger charge is 2.17. The van der Waals surface area contributed by atoms with E-state index in [-0.39, 0.29) is 12.1 Å². The van der Waals surface area contributed by atoms with Crippen LogP contribution in [0, 0.1) is 11.3 Å². The van der Waals surface area contributed by atoms with Crippen molar-refractivity contribution in [1.82, 2.24) is 9.80 Å². The van der Waals surface area contributed by atoms with Gasteiger partial charge >= 0.3 is 6.03 Å². The summed E-state index contributed by atoms with van der Waals surface area (Å²) in [6, 6.07) is 16.8. The van der Waals surface area contributed by atoms with E-state index in [0.29, 0.717) is 30.1 Å². The summed E-state index contributed by atoms with van der Waals surface area (Å²) in [5.74, 6) is 0.551. The Balaban J connectivity index is 2.22. The van der Waals surface area contributed by atoms with Gasteiger partial charge in [0, 0.05) is 19.6 Å². The third kappa shape index (κ3) is 6.60. The first-order valence-corrected chi connectivity index (χ1v) is 9.34. The Morgan fingerprint density at radius 1 is 1.14 bits per heavy atom. The summed E-state index contributed by atoms with van der Waals surface area (Å²) in [6.45, 7) is 5.66. The van der Waals surface area contributed by atoms with Crippen LogP contribution in [0.4, 0.5) is 10.5 Å². The molecule has 0 atom stereocenters. The lowest BCUT2D eigenvalue weighted by atomic mass is 10.2. The molecule has 0 aliphatic rings. The Kier molecular flexibility index (Phi) is 7.85. The van der Waals surface area contributed by atoms with Crippen molar-refractivity contribution >= 4 is 11.7 Å². The van der Waals surface area contributed by atoms with Gasteiger partial charge in [0.05, 0.1) is 23.4 Å². The third-order valence-electron chi connectivity index (χ3n) is 4.03. The Bertz CT molecular complexity index is 813. The number of carbonyl (C=O) groups excluding carboxylic acids is 1. The lowest BCUT2D eigenvalue weighted by Gasteiger charge is -2.25. The summed E-state index contributed by atoms with van der Waals surface area (Å²) in [5, 5.41) is 12.1. The molecule has 0 spiro atoms. The van der Waals surface area contributed by atoms with Crippen LogP contribution in [0.3, 0.4) is 0 Å². The van der Waals surface area contributed by atoms with Gasteiger partial charge in [0.15, 0.2) is 0 Å². The Morgan fingerprint density at radius 3 is 2.46 bits per heavy atom. The molecule has 0 bridgehead atoms.